The second kappa shape index (κ2) is 10.9. The van der Waals surface area contributed by atoms with Crippen LogP contribution in [0, 0.1) is 0 Å². The Bertz CT molecular complexity index is 676. The predicted octanol–water partition coefficient (Wildman–Crippen LogP) is 4.50. The van der Waals surface area contributed by atoms with Gasteiger partial charge in [-0.15, -0.1) is 0 Å². The molecular weight excluding hydrogens is 336 g/mol. The van der Waals surface area contributed by atoms with Gasteiger partial charge in [0.05, 0.1) is 10.6 Å². The number of hydrogen-bond acceptors (Lipinski definition) is 3. The van der Waals surface area contributed by atoms with Crippen molar-refractivity contribution in [2.24, 2.45) is 0 Å². The molecule has 0 saturated heterocycles. The second-order valence-corrected chi connectivity index (χ2v) is 6.27. The zero-order valence-electron chi connectivity index (χ0n) is 14.6. The van der Waals surface area contributed by atoms with E-state index in [1.807, 2.05) is 24.3 Å². The maximum absolute atomic E-state index is 12.3. The molecule has 0 radical (unpaired) electrons. The maximum atomic E-state index is 12.3. The zero-order valence-corrected chi connectivity index (χ0v) is 15.3. The van der Waals surface area contributed by atoms with E-state index in [-0.39, 0.29) is 5.91 Å². The summed E-state index contributed by atoms with van der Waals surface area (Å²) in [7, 11) is 1.73. The minimum Gasteiger partial charge on any atom is -0.385 e. The Morgan fingerprint density at radius 1 is 1.08 bits per heavy atom. The third kappa shape index (κ3) is 6.86. The summed E-state index contributed by atoms with van der Waals surface area (Å²) < 4.78 is 5.04. The Balaban J connectivity index is 1.81. The van der Waals surface area contributed by atoms with Gasteiger partial charge in [0.2, 0.25) is 0 Å². The largest absolute Gasteiger partial charge is 0.385 e. The second-order valence-electron chi connectivity index (χ2n) is 5.86. The van der Waals surface area contributed by atoms with Crippen molar-refractivity contribution < 1.29 is 9.53 Å². The number of ether oxygens (including phenoxy) is 1. The summed E-state index contributed by atoms with van der Waals surface area (Å²) >= 11 is 6.07. The van der Waals surface area contributed by atoms with Gasteiger partial charge >= 0.3 is 0 Å². The van der Waals surface area contributed by atoms with Crippen molar-refractivity contribution >= 4 is 23.2 Å². The van der Waals surface area contributed by atoms with Crippen molar-refractivity contribution in [3.63, 3.8) is 0 Å². The topological polar surface area (TPSA) is 50.4 Å². The summed E-state index contributed by atoms with van der Waals surface area (Å²) in [6.07, 6.45) is 3.39. The maximum Gasteiger partial charge on any atom is 0.257 e. The molecular formula is C20H25ClN2O2. The quantitative estimate of drug-likeness (QED) is 0.613. The van der Waals surface area contributed by atoms with Crippen molar-refractivity contribution in [3.8, 4) is 0 Å². The minimum atomic E-state index is -0.200. The molecule has 2 rings (SSSR count). The van der Waals surface area contributed by atoms with E-state index < -0.39 is 0 Å². The van der Waals surface area contributed by atoms with Crippen LogP contribution in [-0.2, 0) is 11.3 Å². The molecule has 0 unspecified atom stereocenters. The number of amides is 1. The van der Waals surface area contributed by atoms with E-state index >= 15 is 0 Å². The van der Waals surface area contributed by atoms with Gasteiger partial charge in [-0.2, -0.15) is 0 Å². The van der Waals surface area contributed by atoms with Crippen molar-refractivity contribution in [2.75, 3.05) is 25.6 Å². The van der Waals surface area contributed by atoms with Crippen LogP contribution < -0.4 is 10.6 Å². The van der Waals surface area contributed by atoms with Crippen molar-refractivity contribution in [1.29, 1.82) is 0 Å². The minimum absolute atomic E-state index is 0.200. The van der Waals surface area contributed by atoms with Crippen LogP contribution in [0.2, 0.25) is 5.02 Å². The van der Waals surface area contributed by atoms with E-state index in [1.165, 1.54) is 0 Å². The third-order valence-electron chi connectivity index (χ3n) is 3.83. The van der Waals surface area contributed by atoms with Crippen LogP contribution in [0.3, 0.4) is 0 Å². The fourth-order valence-electron chi connectivity index (χ4n) is 2.51. The van der Waals surface area contributed by atoms with Crippen molar-refractivity contribution in [2.45, 2.75) is 25.8 Å². The molecule has 0 bridgehead atoms. The summed E-state index contributed by atoms with van der Waals surface area (Å²) in [6.45, 7) is 2.58. The molecule has 0 aromatic heterocycles. The fraction of sp³-hybridized carbons (Fsp3) is 0.350. The number of rotatable bonds is 10. The van der Waals surface area contributed by atoms with Crippen LogP contribution >= 0.6 is 11.6 Å². The van der Waals surface area contributed by atoms with E-state index in [0.29, 0.717) is 10.6 Å². The van der Waals surface area contributed by atoms with Gasteiger partial charge in [0, 0.05) is 25.9 Å². The van der Waals surface area contributed by atoms with Crippen LogP contribution in [-0.4, -0.2) is 26.2 Å². The number of carbonyl (C=O) groups is 1. The Morgan fingerprint density at radius 2 is 1.92 bits per heavy atom. The van der Waals surface area contributed by atoms with Gasteiger partial charge in [-0.25, -0.2) is 0 Å². The molecule has 0 fully saturated rings. The highest BCUT2D eigenvalue weighted by Crippen LogP contribution is 2.18. The number of benzene rings is 2. The first-order valence-electron chi connectivity index (χ1n) is 8.55. The summed E-state index contributed by atoms with van der Waals surface area (Å²) in [4.78, 5) is 12.3. The van der Waals surface area contributed by atoms with Crippen LogP contribution in [0.25, 0.3) is 0 Å². The van der Waals surface area contributed by atoms with Gasteiger partial charge in [-0.1, -0.05) is 35.9 Å². The third-order valence-corrected chi connectivity index (χ3v) is 4.16. The SMILES string of the molecule is COCCCCCNCc1cccc(NC(=O)c2ccccc2Cl)c1. The lowest BCUT2D eigenvalue weighted by Crippen LogP contribution is -2.16. The van der Waals surface area contributed by atoms with Crippen LogP contribution in [0.4, 0.5) is 5.69 Å². The standard InChI is InChI=1S/C20H25ClN2O2/c1-25-13-6-2-5-12-22-15-16-8-7-9-17(14-16)23-20(24)18-10-3-4-11-19(18)21/h3-4,7-11,14,22H,2,5-6,12-13,15H2,1H3,(H,23,24). The average Bonchev–Trinajstić information content (AvgIpc) is 2.61. The summed E-state index contributed by atoms with van der Waals surface area (Å²) in [5, 5.41) is 6.77. The Morgan fingerprint density at radius 3 is 2.72 bits per heavy atom. The molecule has 1 amide bonds. The lowest BCUT2D eigenvalue weighted by molar-refractivity contribution is 0.102. The molecule has 0 spiro atoms. The van der Waals surface area contributed by atoms with E-state index in [4.69, 9.17) is 16.3 Å². The number of halogens is 1. The van der Waals surface area contributed by atoms with E-state index in [2.05, 4.69) is 10.6 Å². The predicted molar refractivity (Wildman–Crippen MR) is 103 cm³/mol. The summed E-state index contributed by atoms with van der Waals surface area (Å²) in [6, 6.07) is 14.9. The average molecular weight is 361 g/mol. The molecule has 2 N–H and O–H groups in total. The molecule has 4 nitrogen and oxygen atoms in total. The van der Waals surface area contributed by atoms with Crippen LogP contribution in [0.1, 0.15) is 35.2 Å². The van der Waals surface area contributed by atoms with Gasteiger partial charge in [0.15, 0.2) is 0 Å². The number of nitrogens with one attached hydrogen (secondary N) is 2. The van der Waals surface area contributed by atoms with Gasteiger partial charge in [0.1, 0.15) is 0 Å². The van der Waals surface area contributed by atoms with Crippen LogP contribution in [0.5, 0.6) is 0 Å². The van der Waals surface area contributed by atoms with Gasteiger partial charge in [-0.3, -0.25) is 4.79 Å². The molecule has 0 atom stereocenters. The van der Waals surface area contributed by atoms with E-state index in [0.717, 1.165) is 50.2 Å². The molecule has 0 aliphatic carbocycles. The first-order valence-corrected chi connectivity index (χ1v) is 8.93. The number of methoxy groups -OCH3 is 1. The molecule has 134 valence electrons. The highest BCUT2D eigenvalue weighted by atomic mass is 35.5. The Labute approximate surface area is 154 Å². The number of anilines is 1. The molecule has 0 heterocycles. The lowest BCUT2D eigenvalue weighted by atomic mass is 10.1. The molecule has 5 heteroatoms. The Hall–Kier alpha value is -1.88. The molecule has 0 saturated carbocycles. The summed E-state index contributed by atoms with van der Waals surface area (Å²) in [5.41, 5.74) is 2.38. The first-order chi connectivity index (χ1) is 12.2. The smallest absolute Gasteiger partial charge is 0.257 e. The van der Waals surface area contributed by atoms with Crippen molar-refractivity contribution in [3.05, 3.63) is 64.7 Å². The Kier molecular flexibility index (Phi) is 8.46. The molecule has 2 aromatic rings. The normalized spacial score (nSPS) is 10.6. The summed E-state index contributed by atoms with van der Waals surface area (Å²) in [5.74, 6) is -0.200. The number of carbonyl (C=O) groups excluding carboxylic acids is 1. The molecule has 2 aromatic carbocycles. The monoisotopic (exact) mass is 360 g/mol. The molecule has 25 heavy (non-hydrogen) atoms. The lowest BCUT2D eigenvalue weighted by Gasteiger charge is -2.09. The number of unbranched alkanes of at least 4 members (excludes halogenated alkanes) is 2. The van der Waals surface area contributed by atoms with Gasteiger partial charge in [-0.05, 0) is 55.6 Å². The molecule has 0 aliphatic rings. The number of hydrogen-bond donors (Lipinski definition) is 2. The van der Waals surface area contributed by atoms with Crippen molar-refractivity contribution in [1.82, 2.24) is 5.32 Å². The first kappa shape index (κ1) is 19.4. The highest BCUT2D eigenvalue weighted by Gasteiger charge is 2.09. The van der Waals surface area contributed by atoms with Gasteiger partial charge in [0.25, 0.3) is 5.91 Å². The van der Waals surface area contributed by atoms with Gasteiger partial charge < -0.3 is 15.4 Å². The van der Waals surface area contributed by atoms with E-state index in [1.54, 1.807) is 31.4 Å². The highest BCUT2D eigenvalue weighted by molar-refractivity contribution is 6.34. The van der Waals surface area contributed by atoms with Crippen LogP contribution in [0.15, 0.2) is 48.5 Å². The zero-order chi connectivity index (χ0) is 17.9. The fourth-order valence-corrected chi connectivity index (χ4v) is 2.73. The molecule has 0 aliphatic heterocycles. The van der Waals surface area contributed by atoms with E-state index in [9.17, 15) is 4.79 Å².